The molecule has 0 bridgehead atoms. The molecule has 1 fully saturated rings. The Morgan fingerprint density at radius 1 is 1.26 bits per heavy atom. The summed E-state index contributed by atoms with van der Waals surface area (Å²) in [6, 6.07) is 8.96. The second kappa shape index (κ2) is 10.0. The van der Waals surface area contributed by atoms with Crippen LogP contribution >= 0.6 is 0 Å². The molecule has 0 aliphatic carbocycles. The fourth-order valence-electron chi connectivity index (χ4n) is 3.58. The van der Waals surface area contributed by atoms with Gasteiger partial charge in [-0.2, -0.15) is 0 Å². The molecule has 12 heteroatoms. The van der Waals surface area contributed by atoms with Crippen LogP contribution in [0.1, 0.15) is 24.5 Å². The number of halogens is 1. The summed E-state index contributed by atoms with van der Waals surface area (Å²) in [5, 5.41) is 26.3. The van der Waals surface area contributed by atoms with E-state index in [4.69, 9.17) is 10.5 Å². The Morgan fingerprint density at radius 2 is 2.03 bits per heavy atom. The van der Waals surface area contributed by atoms with Crippen molar-refractivity contribution in [3.05, 3.63) is 47.8 Å². The largest absolute Gasteiger partial charge is 0.387 e. The predicted molar refractivity (Wildman–Crippen MR) is 119 cm³/mol. The molecule has 0 unspecified atom stereocenters. The number of nitrogens with two attached hydrogens (primary N) is 1. The lowest BCUT2D eigenvalue weighted by atomic mass is 10.1. The van der Waals surface area contributed by atoms with E-state index in [0.717, 1.165) is 5.56 Å². The quantitative estimate of drug-likeness (QED) is 0.181. The smallest absolute Gasteiger partial charge is 0.252 e. The monoisotopic (exact) mass is 469 g/mol. The van der Waals surface area contributed by atoms with E-state index in [-0.39, 0.29) is 28.6 Å². The topological polar surface area (TPSA) is 160 Å². The number of likely N-dealkylation sites (N-methyl/N-ethyl adjacent to an activating group) is 1. The van der Waals surface area contributed by atoms with Crippen molar-refractivity contribution in [1.29, 1.82) is 0 Å². The first-order valence-corrected chi connectivity index (χ1v) is 10.7. The van der Waals surface area contributed by atoms with Crippen LogP contribution in [0.5, 0.6) is 0 Å². The third-order valence-corrected chi connectivity index (χ3v) is 5.28. The lowest BCUT2D eigenvalue weighted by Gasteiger charge is -2.16. The molecule has 1 aromatic carbocycles. The molecule has 6 N–H and O–H groups in total. The van der Waals surface area contributed by atoms with E-state index in [0.29, 0.717) is 19.5 Å². The molecule has 3 heterocycles. The molecule has 11 nitrogen and oxygen atoms in total. The molecule has 178 valence electrons. The molecular weight excluding hydrogens is 445 g/mol. The number of nitrogens with one attached hydrogen (secondary N) is 2. The highest BCUT2D eigenvalue weighted by Gasteiger charge is 2.47. The van der Waals surface area contributed by atoms with Crippen LogP contribution in [0.15, 0.2) is 30.6 Å². The van der Waals surface area contributed by atoms with E-state index < -0.39 is 30.4 Å². The Hall–Kier alpha value is -3.79. The van der Waals surface area contributed by atoms with Crippen molar-refractivity contribution >= 4 is 22.9 Å². The summed E-state index contributed by atoms with van der Waals surface area (Å²) >= 11 is 0. The van der Waals surface area contributed by atoms with Crippen molar-refractivity contribution in [2.75, 3.05) is 18.8 Å². The Morgan fingerprint density at radius 3 is 2.76 bits per heavy atom. The van der Waals surface area contributed by atoms with Gasteiger partial charge in [-0.3, -0.25) is 9.36 Å². The maximum atomic E-state index is 13.0. The van der Waals surface area contributed by atoms with Gasteiger partial charge in [0.05, 0.1) is 6.33 Å². The maximum Gasteiger partial charge on any atom is 0.252 e. The van der Waals surface area contributed by atoms with Crippen molar-refractivity contribution < 1.29 is 24.1 Å². The number of aromatic nitrogens is 4. The molecule has 4 rings (SSSR count). The summed E-state index contributed by atoms with van der Waals surface area (Å²) in [5.74, 6) is 2.13. The number of rotatable bonds is 6. The minimum atomic E-state index is -1.43. The fraction of sp³-hybridized carbons (Fsp3) is 0.364. The van der Waals surface area contributed by atoms with Crippen molar-refractivity contribution in [3.8, 4) is 12.0 Å². The third kappa shape index (κ3) is 4.76. The van der Waals surface area contributed by atoms with Gasteiger partial charge in [0.1, 0.15) is 23.5 Å². The number of nitrogen functional groups attached to an aromatic ring is 1. The summed E-state index contributed by atoms with van der Waals surface area (Å²) in [6.07, 6.45) is -3.20. The first-order chi connectivity index (χ1) is 16.4. The van der Waals surface area contributed by atoms with Gasteiger partial charge in [0.25, 0.3) is 5.91 Å². The lowest BCUT2D eigenvalue weighted by Crippen LogP contribution is -2.42. The zero-order chi connectivity index (χ0) is 24.2. The highest BCUT2D eigenvalue weighted by Crippen LogP contribution is 2.32. The van der Waals surface area contributed by atoms with Gasteiger partial charge in [-0.1, -0.05) is 12.1 Å². The minimum Gasteiger partial charge on any atom is -0.387 e. The number of carbonyl (C=O) groups excluding carboxylic acids is 1. The van der Waals surface area contributed by atoms with Crippen molar-refractivity contribution in [1.82, 2.24) is 30.2 Å². The van der Waals surface area contributed by atoms with Gasteiger partial charge >= 0.3 is 0 Å². The van der Waals surface area contributed by atoms with Crippen LogP contribution in [0.25, 0.3) is 11.2 Å². The van der Waals surface area contributed by atoms with Gasteiger partial charge in [0, 0.05) is 19.1 Å². The molecule has 4 atom stereocenters. The highest BCUT2D eigenvalue weighted by atomic mass is 19.1. The van der Waals surface area contributed by atoms with Crippen molar-refractivity contribution in [2.45, 2.75) is 37.9 Å². The number of anilines is 1. The van der Waals surface area contributed by atoms with Crippen molar-refractivity contribution in [2.24, 2.45) is 0 Å². The third-order valence-electron chi connectivity index (χ3n) is 5.28. The number of benzene rings is 1. The lowest BCUT2D eigenvalue weighted by molar-refractivity contribution is -0.137. The molecule has 1 aliphatic heterocycles. The molecule has 34 heavy (non-hydrogen) atoms. The molecule has 1 saturated heterocycles. The standard InChI is InChI=1S/C22H24FN7O4/c1-2-26-21(33)18-16(31)17(32)22(34-18)30-11-27-15-19(24)28-14(29-20(15)30)8-10-25-9-7-12-3-5-13(23)6-4-12/h3-6,11,16-18,22,25,31-32H,2,7,9H2,1H3,(H,26,33)(H2,24,28,29)/t16-,17+,18-,22+/m0/s1. The molecular formula is C22H24FN7O4. The number of imidazole rings is 1. The normalized spacial score (nSPS) is 21.8. The number of hydrogen-bond donors (Lipinski definition) is 5. The number of fused-ring (bicyclic) bond motifs is 1. The predicted octanol–water partition coefficient (Wildman–Crippen LogP) is -0.556. The average Bonchev–Trinajstić information content (AvgIpc) is 3.36. The van der Waals surface area contributed by atoms with Crippen LogP contribution in [0.3, 0.4) is 0 Å². The zero-order valence-electron chi connectivity index (χ0n) is 18.3. The van der Waals surface area contributed by atoms with Crippen LogP contribution in [-0.4, -0.2) is 67.0 Å². The molecule has 2 aromatic heterocycles. The minimum absolute atomic E-state index is 0.0765. The second-order valence-electron chi connectivity index (χ2n) is 7.63. The van der Waals surface area contributed by atoms with Crippen LogP contribution in [0.4, 0.5) is 10.2 Å². The summed E-state index contributed by atoms with van der Waals surface area (Å²) in [7, 11) is 0. The van der Waals surface area contributed by atoms with Crippen LogP contribution in [0, 0.1) is 17.8 Å². The Balaban J connectivity index is 1.50. The number of aliphatic hydroxyl groups is 2. The van der Waals surface area contributed by atoms with E-state index in [1.807, 2.05) is 0 Å². The first kappa shape index (κ1) is 23.4. The van der Waals surface area contributed by atoms with Crippen LogP contribution in [-0.2, 0) is 16.0 Å². The number of nitrogens with zero attached hydrogens (tertiary/aromatic N) is 4. The number of carbonyl (C=O) groups is 1. The molecule has 0 radical (unpaired) electrons. The Kier molecular flexibility index (Phi) is 6.87. The Labute approximate surface area is 194 Å². The van der Waals surface area contributed by atoms with Gasteiger partial charge < -0.3 is 31.3 Å². The molecule has 3 aromatic rings. The van der Waals surface area contributed by atoms with Gasteiger partial charge in [-0.05, 0) is 37.0 Å². The van der Waals surface area contributed by atoms with E-state index in [2.05, 4.69) is 37.6 Å². The van der Waals surface area contributed by atoms with E-state index >= 15 is 0 Å². The summed E-state index contributed by atoms with van der Waals surface area (Å²) in [4.78, 5) is 24.8. The molecule has 0 saturated carbocycles. The van der Waals surface area contributed by atoms with Gasteiger partial charge in [-0.15, -0.1) is 0 Å². The fourth-order valence-corrected chi connectivity index (χ4v) is 3.58. The SMILES string of the molecule is CCNC(=O)[C@H]1O[C@@H](n2cnc3c(N)nc(C#CNCCc4ccc(F)cc4)nc32)[C@H](O)[C@@H]1O. The highest BCUT2D eigenvalue weighted by molar-refractivity contribution is 5.83. The summed E-state index contributed by atoms with van der Waals surface area (Å²) < 4.78 is 20.0. The molecule has 1 aliphatic rings. The summed E-state index contributed by atoms with van der Waals surface area (Å²) in [5.41, 5.74) is 7.46. The molecule has 0 spiro atoms. The maximum absolute atomic E-state index is 13.0. The van der Waals surface area contributed by atoms with Crippen LogP contribution in [0.2, 0.25) is 0 Å². The zero-order valence-corrected chi connectivity index (χ0v) is 18.3. The van der Waals surface area contributed by atoms with E-state index in [9.17, 15) is 19.4 Å². The number of amides is 1. The first-order valence-electron chi connectivity index (χ1n) is 10.7. The van der Waals surface area contributed by atoms with Crippen molar-refractivity contribution in [3.63, 3.8) is 0 Å². The number of hydrogen-bond acceptors (Lipinski definition) is 9. The van der Waals surface area contributed by atoms with Gasteiger partial charge in [0.15, 0.2) is 23.8 Å². The Bertz CT molecular complexity index is 1240. The number of ether oxygens (including phenoxy) is 1. The van der Waals surface area contributed by atoms with E-state index in [1.165, 1.54) is 23.0 Å². The van der Waals surface area contributed by atoms with Gasteiger partial charge in [0.2, 0.25) is 5.82 Å². The van der Waals surface area contributed by atoms with Gasteiger partial charge in [-0.25, -0.2) is 19.3 Å². The second-order valence-corrected chi connectivity index (χ2v) is 7.63. The average molecular weight is 469 g/mol. The molecule has 1 amide bonds. The number of aliphatic hydroxyl groups excluding tert-OH is 2. The van der Waals surface area contributed by atoms with E-state index in [1.54, 1.807) is 19.1 Å². The van der Waals surface area contributed by atoms with Crippen LogP contribution < -0.4 is 16.4 Å². The summed E-state index contributed by atoms with van der Waals surface area (Å²) in [6.45, 7) is 2.61.